The van der Waals surface area contributed by atoms with Gasteiger partial charge in [-0.1, -0.05) is 42.5 Å². The number of aryl methyl sites for hydroxylation is 3. The maximum atomic E-state index is 3.79. The topological polar surface area (TPSA) is 12.0 Å². The van der Waals surface area contributed by atoms with Gasteiger partial charge in [-0.3, -0.25) is 0 Å². The molecule has 4 rings (SSSR count). The Hall–Kier alpha value is -1.60. The van der Waals surface area contributed by atoms with Crippen molar-refractivity contribution in [2.45, 2.75) is 51.1 Å². The van der Waals surface area contributed by atoms with Crippen LogP contribution < -0.4 is 5.32 Å². The summed E-state index contributed by atoms with van der Waals surface area (Å²) < 4.78 is 0. The molecule has 0 aliphatic heterocycles. The van der Waals surface area contributed by atoms with Crippen LogP contribution in [0.5, 0.6) is 0 Å². The second-order valence-corrected chi connectivity index (χ2v) is 6.48. The first-order valence-electron chi connectivity index (χ1n) is 8.32. The van der Waals surface area contributed by atoms with Gasteiger partial charge in [0.15, 0.2) is 0 Å². The Balaban J connectivity index is 1.48. The van der Waals surface area contributed by atoms with E-state index < -0.39 is 0 Å². The number of hydrogen-bond donors (Lipinski definition) is 1. The second-order valence-electron chi connectivity index (χ2n) is 6.48. The van der Waals surface area contributed by atoms with Crippen molar-refractivity contribution >= 4 is 0 Å². The van der Waals surface area contributed by atoms with E-state index in [0.717, 1.165) is 6.54 Å². The van der Waals surface area contributed by atoms with E-state index in [0.29, 0.717) is 6.04 Å². The van der Waals surface area contributed by atoms with Crippen molar-refractivity contribution in [1.82, 2.24) is 5.32 Å². The zero-order chi connectivity index (χ0) is 14.1. The van der Waals surface area contributed by atoms with E-state index in [2.05, 4.69) is 47.8 Å². The molecule has 0 fully saturated rings. The summed E-state index contributed by atoms with van der Waals surface area (Å²) in [6, 6.07) is 16.5. The lowest BCUT2D eigenvalue weighted by atomic mass is 9.87. The summed E-state index contributed by atoms with van der Waals surface area (Å²) in [6.45, 7) is 0.992. The fourth-order valence-corrected chi connectivity index (χ4v) is 3.94. The van der Waals surface area contributed by atoms with Crippen LogP contribution in [0.3, 0.4) is 0 Å². The molecule has 0 saturated carbocycles. The third-order valence-corrected chi connectivity index (χ3v) is 5.08. The third kappa shape index (κ3) is 2.63. The number of fused-ring (bicyclic) bond motifs is 2. The van der Waals surface area contributed by atoms with Crippen LogP contribution in [0.4, 0.5) is 0 Å². The van der Waals surface area contributed by atoms with Gasteiger partial charge in [0, 0.05) is 12.6 Å². The molecule has 0 heterocycles. The van der Waals surface area contributed by atoms with Crippen molar-refractivity contribution in [2.24, 2.45) is 0 Å². The van der Waals surface area contributed by atoms with Gasteiger partial charge in [-0.2, -0.15) is 0 Å². The Labute approximate surface area is 127 Å². The average molecular weight is 277 g/mol. The molecule has 0 bridgehead atoms. The zero-order valence-corrected chi connectivity index (χ0v) is 12.6. The smallest absolute Gasteiger partial charge is 0.0326 e. The van der Waals surface area contributed by atoms with Crippen molar-refractivity contribution < 1.29 is 0 Å². The predicted molar refractivity (Wildman–Crippen MR) is 87.4 cm³/mol. The first kappa shape index (κ1) is 13.1. The molecular formula is C20H23N. The third-order valence-electron chi connectivity index (χ3n) is 5.08. The number of hydrogen-bond acceptors (Lipinski definition) is 1. The Morgan fingerprint density at radius 1 is 0.857 bits per heavy atom. The first-order valence-corrected chi connectivity index (χ1v) is 8.32. The molecule has 1 nitrogen and oxygen atoms in total. The highest BCUT2D eigenvalue weighted by molar-refractivity contribution is 5.36. The maximum Gasteiger partial charge on any atom is 0.0326 e. The van der Waals surface area contributed by atoms with Crippen molar-refractivity contribution in [3.05, 3.63) is 70.3 Å². The molecule has 0 radical (unpaired) electrons. The minimum absolute atomic E-state index is 0.531. The molecule has 1 unspecified atom stereocenters. The quantitative estimate of drug-likeness (QED) is 0.880. The van der Waals surface area contributed by atoms with Crippen molar-refractivity contribution in [1.29, 1.82) is 0 Å². The minimum atomic E-state index is 0.531. The Bertz CT molecular complexity index is 644. The SMILES string of the molecule is c1ccc2c(c1)CCCC2NCc1ccc2c(c1)CCC2. The summed E-state index contributed by atoms with van der Waals surface area (Å²) in [5.74, 6) is 0. The number of nitrogens with one attached hydrogen (secondary N) is 1. The monoisotopic (exact) mass is 277 g/mol. The lowest BCUT2D eigenvalue weighted by Crippen LogP contribution is -2.24. The minimum Gasteiger partial charge on any atom is -0.306 e. The molecule has 0 saturated heterocycles. The maximum absolute atomic E-state index is 3.79. The lowest BCUT2D eigenvalue weighted by molar-refractivity contribution is 0.459. The molecule has 0 spiro atoms. The number of benzene rings is 2. The number of rotatable bonds is 3. The summed E-state index contributed by atoms with van der Waals surface area (Å²) in [7, 11) is 0. The van der Waals surface area contributed by atoms with Crippen LogP contribution in [-0.2, 0) is 25.8 Å². The highest BCUT2D eigenvalue weighted by atomic mass is 14.9. The van der Waals surface area contributed by atoms with Crippen molar-refractivity contribution in [3.8, 4) is 0 Å². The molecule has 1 heteroatoms. The molecule has 1 N–H and O–H groups in total. The van der Waals surface area contributed by atoms with Crippen LogP contribution in [0.15, 0.2) is 42.5 Å². The molecule has 2 aliphatic carbocycles. The van der Waals surface area contributed by atoms with Crippen molar-refractivity contribution in [2.75, 3.05) is 0 Å². The van der Waals surface area contributed by atoms with Gasteiger partial charge >= 0.3 is 0 Å². The zero-order valence-electron chi connectivity index (χ0n) is 12.6. The Kier molecular flexibility index (Phi) is 3.52. The van der Waals surface area contributed by atoms with Gasteiger partial charge in [0.25, 0.3) is 0 Å². The van der Waals surface area contributed by atoms with Crippen molar-refractivity contribution in [3.63, 3.8) is 0 Å². The van der Waals surface area contributed by atoms with Gasteiger partial charge in [0.1, 0.15) is 0 Å². The molecular weight excluding hydrogens is 254 g/mol. The summed E-state index contributed by atoms with van der Waals surface area (Å²) in [5.41, 5.74) is 7.65. The van der Waals surface area contributed by atoms with E-state index in [4.69, 9.17) is 0 Å². The van der Waals surface area contributed by atoms with Gasteiger partial charge in [-0.05, 0) is 66.3 Å². The fourth-order valence-electron chi connectivity index (χ4n) is 3.94. The molecule has 1 atom stereocenters. The van der Waals surface area contributed by atoms with E-state index in [9.17, 15) is 0 Å². The largest absolute Gasteiger partial charge is 0.306 e. The highest BCUT2D eigenvalue weighted by Gasteiger charge is 2.19. The summed E-state index contributed by atoms with van der Waals surface area (Å²) in [5, 5.41) is 3.79. The van der Waals surface area contributed by atoms with Gasteiger partial charge in [0.2, 0.25) is 0 Å². The van der Waals surface area contributed by atoms with Crippen LogP contribution in [0.1, 0.15) is 53.1 Å². The summed E-state index contributed by atoms with van der Waals surface area (Å²) in [6.07, 6.45) is 7.70. The van der Waals surface area contributed by atoms with Crippen LogP contribution in [0.25, 0.3) is 0 Å². The molecule has 21 heavy (non-hydrogen) atoms. The molecule has 2 aromatic carbocycles. The Morgan fingerprint density at radius 3 is 2.71 bits per heavy atom. The van der Waals surface area contributed by atoms with E-state index >= 15 is 0 Å². The normalized spacial score (nSPS) is 20.1. The highest BCUT2D eigenvalue weighted by Crippen LogP contribution is 2.30. The van der Waals surface area contributed by atoms with Gasteiger partial charge in [-0.15, -0.1) is 0 Å². The van der Waals surface area contributed by atoms with Crippen LogP contribution in [0.2, 0.25) is 0 Å². The molecule has 108 valence electrons. The van der Waals surface area contributed by atoms with Gasteiger partial charge in [0.05, 0.1) is 0 Å². The van der Waals surface area contributed by atoms with Crippen LogP contribution >= 0.6 is 0 Å². The fraction of sp³-hybridized carbons (Fsp3) is 0.400. The predicted octanol–water partition coefficient (Wildman–Crippen LogP) is 4.34. The van der Waals surface area contributed by atoms with E-state index in [1.807, 2.05) is 0 Å². The van der Waals surface area contributed by atoms with E-state index in [1.165, 1.54) is 55.2 Å². The first-order chi connectivity index (χ1) is 10.4. The van der Waals surface area contributed by atoms with E-state index in [1.54, 1.807) is 11.1 Å². The van der Waals surface area contributed by atoms with Crippen LogP contribution in [-0.4, -0.2) is 0 Å². The Morgan fingerprint density at radius 2 is 1.71 bits per heavy atom. The lowest BCUT2D eigenvalue weighted by Gasteiger charge is -2.26. The molecule has 0 aromatic heterocycles. The van der Waals surface area contributed by atoms with E-state index in [-0.39, 0.29) is 0 Å². The van der Waals surface area contributed by atoms with Gasteiger partial charge < -0.3 is 5.32 Å². The average Bonchev–Trinajstić information content (AvgIpc) is 3.00. The molecule has 2 aliphatic rings. The molecule has 0 amide bonds. The molecule has 2 aromatic rings. The van der Waals surface area contributed by atoms with Crippen LogP contribution in [0, 0.1) is 0 Å². The second kappa shape index (κ2) is 5.65. The summed E-state index contributed by atoms with van der Waals surface area (Å²) >= 11 is 0. The summed E-state index contributed by atoms with van der Waals surface area (Å²) in [4.78, 5) is 0. The standard InChI is InChI=1S/C20H23N/c1-2-9-19-17(5-1)7-4-10-20(19)21-14-15-11-12-16-6-3-8-18(16)13-15/h1-2,5,9,11-13,20-21H,3-4,6-8,10,14H2. The van der Waals surface area contributed by atoms with Gasteiger partial charge in [-0.25, -0.2) is 0 Å².